The van der Waals surface area contributed by atoms with E-state index in [4.69, 9.17) is 0 Å². The summed E-state index contributed by atoms with van der Waals surface area (Å²) in [6.07, 6.45) is 6.15. The van der Waals surface area contributed by atoms with E-state index in [2.05, 4.69) is 43.1 Å². The Kier molecular flexibility index (Phi) is 6.50. The van der Waals surface area contributed by atoms with Crippen molar-refractivity contribution >= 4 is 6.03 Å². The zero-order chi connectivity index (χ0) is 16.1. The molecule has 2 aliphatic rings. The van der Waals surface area contributed by atoms with Gasteiger partial charge in [-0.15, -0.1) is 0 Å². The van der Waals surface area contributed by atoms with E-state index < -0.39 is 0 Å². The highest BCUT2D eigenvalue weighted by Gasteiger charge is 2.32. The summed E-state index contributed by atoms with van der Waals surface area (Å²) in [7, 11) is 4.23. The lowest BCUT2D eigenvalue weighted by molar-refractivity contribution is 0.0497. The molecule has 2 fully saturated rings. The minimum atomic E-state index is 0.151. The van der Waals surface area contributed by atoms with Crippen LogP contribution in [0.3, 0.4) is 0 Å². The van der Waals surface area contributed by atoms with Crippen molar-refractivity contribution in [1.29, 1.82) is 0 Å². The molecule has 1 aliphatic carbocycles. The lowest BCUT2D eigenvalue weighted by Gasteiger charge is -2.45. The Hall–Kier alpha value is -0.810. The molecule has 5 heteroatoms. The van der Waals surface area contributed by atoms with Crippen molar-refractivity contribution in [3.8, 4) is 0 Å². The normalized spacial score (nSPS) is 28.1. The van der Waals surface area contributed by atoms with Gasteiger partial charge in [-0.1, -0.05) is 19.3 Å². The van der Waals surface area contributed by atoms with Gasteiger partial charge in [-0.2, -0.15) is 0 Å². The predicted octanol–water partition coefficient (Wildman–Crippen LogP) is 1.98. The van der Waals surface area contributed by atoms with Gasteiger partial charge in [-0.25, -0.2) is 4.79 Å². The van der Waals surface area contributed by atoms with E-state index in [0.29, 0.717) is 18.1 Å². The molecule has 5 nitrogen and oxygen atoms in total. The summed E-state index contributed by atoms with van der Waals surface area (Å²) in [4.78, 5) is 19.3. The van der Waals surface area contributed by atoms with Crippen LogP contribution in [0.5, 0.6) is 0 Å². The number of likely N-dealkylation sites (N-methyl/N-ethyl adjacent to an activating group) is 1. The minimum Gasteiger partial charge on any atom is -0.335 e. The molecule has 1 N–H and O–H groups in total. The van der Waals surface area contributed by atoms with E-state index in [0.717, 1.165) is 39.0 Å². The smallest absolute Gasteiger partial charge is 0.317 e. The number of hydrogen-bond acceptors (Lipinski definition) is 3. The van der Waals surface area contributed by atoms with Gasteiger partial charge in [0, 0.05) is 44.3 Å². The lowest BCUT2D eigenvalue weighted by Crippen LogP contribution is -2.61. The van der Waals surface area contributed by atoms with Crippen LogP contribution >= 0.6 is 0 Å². The van der Waals surface area contributed by atoms with E-state index in [9.17, 15) is 4.79 Å². The molecule has 2 unspecified atom stereocenters. The lowest BCUT2D eigenvalue weighted by atomic mass is 9.96. The van der Waals surface area contributed by atoms with Gasteiger partial charge in [0.15, 0.2) is 0 Å². The maximum atomic E-state index is 12.5. The highest BCUT2D eigenvalue weighted by molar-refractivity contribution is 5.74. The van der Waals surface area contributed by atoms with Crippen LogP contribution in [0.2, 0.25) is 0 Å². The fraction of sp³-hybridized carbons (Fsp3) is 0.941. The number of carbonyl (C=O) groups is 1. The molecule has 1 aliphatic heterocycles. The average molecular weight is 310 g/mol. The van der Waals surface area contributed by atoms with E-state index in [-0.39, 0.29) is 6.03 Å². The summed E-state index contributed by atoms with van der Waals surface area (Å²) in [5.74, 6) is 0. The Morgan fingerprint density at radius 3 is 2.23 bits per heavy atom. The van der Waals surface area contributed by atoms with Crippen LogP contribution in [0.25, 0.3) is 0 Å². The highest BCUT2D eigenvalue weighted by atomic mass is 16.2. The van der Waals surface area contributed by atoms with Crippen LogP contribution in [0, 0.1) is 0 Å². The molecular weight excluding hydrogens is 276 g/mol. The van der Waals surface area contributed by atoms with Gasteiger partial charge in [0.2, 0.25) is 0 Å². The van der Waals surface area contributed by atoms with Gasteiger partial charge in [-0.05, 0) is 40.8 Å². The Labute approximate surface area is 136 Å². The maximum Gasteiger partial charge on any atom is 0.317 e. The summed E-state index contributed by atoms with van der Waals surface area (Å²) in [6.45, 7) is 8.32. The maximum absolute atomic E-state index is 12.5. The van der Waals surface area contributed by atoms with Gasteiger partial charge in [-0.3, -0.25) is 4.90 Å². The molecule has 0 spiro atoms. The number of nitrogens with zero attached hydrogens (tertiary/aromatic N) is 3. The molecule has 22 heavy (non-hydrogen) atoms. The van der Waals surface area contributed by atoms with Crippen molar-refractivity contribution < 1.29 is 4.79 Å². The van der Waals surface area contributed by atoms with Crippen LogP contribution in [-0.4, -0.2) is 79.1 Å². The third-order valence-corrected chi connectivity index (χ3v) is 5.13. The first kappa shape index (κ1) is 17.5. The Morgan fingerprint density at radius 2 is 1.68 bits per heavy atom. The molecule has 1 heterocycles. The minimum absolute atomic E-state index is 0.151. The van der Waals surface area contributed by atoms with Crippen LogP contribution < -0.4 is 5.32 Å². The number of rotatable bonds is 4. The van der Waals surface area contributed by atoms with E-state index in [1.807, 2.05) is 4.90 Å². The van der Waals surface area contributed by atoms with E-state index >= 15 is 0 Å². The summed E-state index contributed by atoms with van der Waals surface area (Å²) in [5, 5.41) is 3.25. The zero-order valence-electron chi connectivity index (χ0n) is 14.8. The molecule has 2 rings (SSSR count). The molecule has 1 saturated heterocycles. The van der Waals surface area contributed by atoms with Gasteiger partial charge < -0.3 is 15.1 Å². The number of carbonyl (C=O) groups excluding carboxylic acids is 1. The van der Waals surface area contributed by atoms with Crippen LogP contribution in [0.4, 0.5) is 4.79 Å². The monoisotopic (exact) mass is 310 g/mol. The fourth-order valence-corrected chi connectivity index (χ4v) is 3.79. The molecular formula is C17H34N4O. The molecule has 0 aromatic carbocycles. The summed E-state index contributed by atoms with van der Waals surface area (Å²) in [5.41, 5.74) is 0. The first-order valence-corrected chi connectivity index (χ1v) is 8.93. The fourth-order valence-electron chi connectivity index (χ4n) is 3.79. The SMILES string of the molecule is CC1CN(C(=O)NC2CCCCC2)CC(C)N1CCN(C)C. The molecule has 0 bridgehead atoms. The first-order chi connectivity index (χ1) is 10.5. The molecule has 0 aromatic rings. The van der Waals surface area contributed by atoms with Gasteiger partial charge in [0.1, 0.15) is 0 Å². The molecule has 1 saturated carbocycles. The zero-order valence-corrected chi connectivity index (χ0v) is 14.8. The second kappa shape index (κ2) is 8.16. The predicted molar refractivity (Wildman–Crippen MR) is 91.2 cm³/mol. The van der Waals surface area contributed by atoms with Crippen LogP contribution in [-0.2, 0) is 0 Å². The number of amides is 2. The Bertz CT molecular complexity index is 343. The molecule has 2 amide bonds. The largest absolute Gasteiger partial charge is 0.335 e. The quantitative estimate of drug-likeness (QED) is 0.863. The van der Waals surface area contributed by atoms with Crippen LogP contribution in [0.1, 0.15) is 46.0 Å². The van der Waals surface area contributed by atoms with Crippen molar-refractivity contribution in [3.05, 3.63) is 0 Å². The molecule has 2 atom stereocenters. The average Bonchev–Trinajstić information content (AvgIpc) is 2.47. The summed E-state index contributed by atoms with van der Waals surface area (Å²) < 4.78 is 0. The topological polar surface area (TPSA) is 38.8 Å². The number of nitrogens with one attached hydrogen (secondary N) is 1. The van der Waals surface area contributed by atoms with E-state index in [1.54, 1.807) is 0 Å². The van der Waals surface area contributed by atoms with Crippen molar-refractivity contribution in [2.75, 3.05) is 40.3 Å². The third kappa shape index (κ3) is 4.85. The first-order valence-electron chi connectivity index (χ1n) is 8.93. The molecule has 0 aromatic heterocycles. The highest BCUT2D eigenvalue weighted by Crippen LogP contribution is 2.19. The molecule has 0 radical (unpaired) electrons. The Morgan fingerprint density at radius 1 is 1.09 bits per heavy atom. The van der Waals surface area contributed by atoms with Gasteiger partial charge in [0.05, 0.1) is 0 Å². The van der Waals surface area contributed by atoms with E-state index in [1.165, 1.54) is 19.3 Å². The number of urea groups is 1. The van der Waals surface area contributed by atoms with Crippen molar-refractivity contribution in [2.24, 2.45) is 0 Å². The summed E-state index contributed by atoms with van der Waals surface area (Å²) in [6, 6.07) is 1.41. The van der Waals surface area contributed by atoms with Crippen molar-refractivity contribution in [1.82, 2.24) is 20.0 Å². The van der Waals surface area contributed by atoms with Gasteiger partial charge >= 0.3 is 6.03 Å². The standard InChI is InChI=1S/C17H34N4O/c1-14-12-20(13-15(2)21(14)11-10-19(3)4)17(22)18-16-8-6-5-7-9-16/h14-16H,5-13H2,1-4H3,(H,18,22). The second-order valence-electron chi connectivity index (χ2n) is 7.43. The third-order valence-electron chi connectivity index (χ3n) is 5.13. The molecule has 128 valence electrons. The van der Waals surface area contributed by atoms with Gasteiger partial charge in [0.25, 0.3) is 0 Å². The van der Waals surface area contributed by atoms with Crippen molar-refractivity contribution in [3.63, 3.8) is 0 Å². The van der Waals surface area contributed by atoms with Crippen LogP contribution in [0.15, 0.2) is 0 Å². The number of hydrogen-bond donors (Lipinski definition) is 1. The number of piperazine rings is 1. The van der Waals surface area contributed by atoms with Crippen molar-refractivity contribution in [2.45, 2.75) is 64.1 Å². The second-order valence-corrected chi connectivity index (χ2v) is 7.43. The Balaban J connectivity index is 1.82. The summed E-state index contributed by atoms with van der Waals surface area (Å²) >= 11 is 0.